The predicted molar refractivity (Wildman–Crippen MR) is 98.3 cm³/mol. The molecule has 0 radical (unpaired) electrons. The molecule has 28 heavy (non-hydrogen) atoms. The van der Waals surface area contributed by atoms with Crippen LogP contribution in [-0.4, -0.2) is 51.3 Å². The van der Waals surface area contributed by atoms with E-state index >= 15 is 0 Å². The Morgan fingerprint density at radius 3 is 2.32 bits per heavy atom. The highest BCUT2D eigenvalue weighted by atomic mass is 16.7. The molecular formula is C19H20N2O7. The molecule has 0 saturated heterocycles. The first kappa shape index (κ1) is 20.8. The van der Waals surface area contributed by atoms with E-state index in [1.165, 1.54) is 24.3 Å². The van der Waals surface area contributed by atoms with Crippen LogP contribution in [0.1, 0.15) is 22.3 Å². The lowest BCUT2D eigenvalue weighted by Crippen LogP contribution is -2.46. The summed E-state index contributed by atoms with van der Waals surface area (Å²) in [6.07, 6.45) is -0.0411. The highest BCUT2D eigenvalue weighted by Gasteiger charge is 2.32. The van der Waals surface area contributed by atoms with Crippen molar-refractivity contribution in [3.05, 3.63) is 75.8 Å². The number of hydrogen-bond acceptors (Lipinski definition) is 6. The molecule has 0 aliphatic carbocycles. The lowest BCUT2D eigenvalue weighted by Gasteiger charge is -2.28. The van der Waals surface area contributed by atoms with E-state index in [4.69, 9.17) is 4.84 Å². The first-order valence-corrected chi connectivity index (χ1v) is 8.52. The van der Waals surface area contributed by atoms with Crippen molar-refractivity contribution in [2.24, 2.45) is 0 Å². The molecule has 2 aromatic rings. The van der Waals surface area contributed by atoms with Crippen LogP contribution in [0.15, 0.2) is 54.6 Å². The lowest BCUT2D eigenvalue weighted by atomic mass is 10.0. The van der Waals surface area contributed by atoms with Gasteiger partial charge in [-0.2, -0.15) is 0 Å². The van der Waals surface area contributed by atoms with Gasteiger partial charge in [0.1, 0.15) is 5.75 Å². The van der Waals surface area contributed by atoms with Gasteiger partial charge < -0.3 is 10.2 Å². The number of aliphatic carboxylic acids is 1. The second-order valence-electron chi connectivity index (χ2n) is 5.96. The highest BCUT2D eigenvalue weighted by Crippen LogP contribution is 2.17. The number of carboxylic acid groups (broad SMARTS) is 1. The minimum Gasteiger partial charge on any atom is -0.508 e. The SMILES string of the molecule is O=C(O)[C@H](Cc1ccc(O)cc1)N(OCCC[N+](=O)[O-])C(=O)c1ccccc1. The number of carbonyl (C=O) groups is 2. The molecule has 0 spiro atoms. The average molecular weight is 388 g/mol. The summed E-state index contributed by atoms with van der Waals surface area (Å²) in [5.74, 6) is -1.91. The van der Waals surface area contributed by atoms with Crippen LogP contribution in [0, 0.1) is 10.1 Å². The summed E-state index contributed by atoms with van der Waals surface area (Å²) in [7, 11) is 0. The number of amides is 1. The van der Waals surface area contributed by atoms with Crippen molar-refractivity contribution < 1.29 is 29.6 Å². The second-order valence-corrected chi connectivity index (χ2v) is 5.96. The molecule has 0 heterocycles. The maximum atomic E-state index is 12.8. The maximum absolute atomic E-state index is 12.8. The number of phenolic OH excluding ortho intramolecular Hbond substituents is 1. The maximum Gasteiger partial charge on any atom is 0.329 e. The quantitative estimate of drug-likeness (QED) is 0.362. The largest absolute Gasteiger partial charge is 0.508 e. The zero-order valence-electron chi connectivity index (χ0n) is 14.9. The fraction of sp³-hybridized carbons (Fsp3) is 0.263. The predicted octanol–water partition coefficient (Wildman–Crippen LogP) is 2.13. The van der Waals surface area contributed by atoms with Gasteiger partial charge in [-0.15, -0.1) is 0 Å². The van der Waals surface area contributed by atoms with E-state index in [0.717, 1.165) is 5.06 Å². The van der Waals surface area contributed by atoms with E-state index in [0.29, 0.717) is 5.56 Å². The molecule has 0 bridgehead atoms. The van der Waals surface area contributed by atoms with Crippen LogP contribution in [0.2, 0.25) is 0 Å². The summed E-state index contributed by atoms with van der Waals surface area (Å²) in [5.41, 5.74) is 0.804. The molecule has 2 N–H and O–H groups in total. The smallest absolute Gasteiger partial charge is 0.329 e. The van der Waals surface area contributed by atoms with E-state index in [1.54, 1.807) is 30.3 Å². The molecule has 0 saturated carbocycles. The number of hydroxylamine groups is 2. The number of nitrogens with zero attached hydrogens (tertiary/aromatic N) is 2. The van der Waals surface area contributed by atoms with Gasteiger partial charge in [0.2, 0.25) is 6.54 Å². The van der Waals surface area contributed by atoms with Crippen LogP contribution in [0.4, 0.5) is 0 Å². The molecule has 1 atom stereocenters. The van der Waals surface area contributed by atoms with Gasteiger partial charge in [-0.3, -0.25) is 19.7 Å². The molecule has 9 nitrogen and oxygen atoms in total. The summed E-state index contributed by atoms with van der Waals surface area (Å²) < 4.78 is 0. The standard InChI is InChI=1S/C19H20N2O7/c22-16-9-7-14(8-10-16)13-17(19(24)25)21(28-12-4-11-20(26)27)18(23)15-5-2-1-3-6-15/h1-3,5-10,17,22H,4,11-13H2,(H,24,25)/t17-/m0/s1. The Kier molecular flexibility index (Phi) is 7.46. The third kappa shape index (κ3) is 6.06. The van der Waals surface area contributed by atoms with Gasteiger partial charge >= 0.3 is 5.97 Å². The molecule has 148 valence electrons. The second kappa shape index (κ2) is 10.0. The monoisotopic (exact) mass is 388 g/mol. The number of phenols is 1. The van der Waals surface area contributed by atoms with E-state index in [1.807, 2.05) is 0 Å². The van der Waals surface area contributed by atoms with Crippen molar-refractivity contribution in [1.29, 1.82) is 0 Å². The van der Waals surface area contributed by atoms with Crippen molar-refractivity contribution in [1.82, 2.24) is 5.06 Å². The van der Waals surface area contributed by atoms with Gasteiger partial charge in [0.25, 0.3) is 5.91 Å². The van der Waals surface area contributed by atoms with E-state index in [2.05, 4.69) is 0 Å². The van der Waals surface area contributed by atoms with Gasteiger partial charge in [0.15, 0.2) is 6.04 Å². The number of carbonyl (C=O) groups excluding carboxylic acids is 1. The first-order valence-electron chi connectivity index (χ1n) is 8.52. The molecule has 0 aromatic heterocycles. The summed E-state index contributed by atoms with van der Waals surface area (Å²) in [4.78, 5) is 40.0. The van der Waals surface area contributed by atoms with Crippen molar-refractivity contribution >= 4 is 11.9 Å². The average Bonchev–Trinajstić information content (AvgIpc) is 2.68. The fourth-order valence-corrected chi connectivity index (χ4v) is 2.48. The minimum atomic E-state index is -1.35. The topological polar surface area (TPSA) is 130 Å². The first-order chi connectivity index (χ1) is 13.4. The van der Waals surface area contributed by atoms with Crippen molar-refractivity contribution in [2.45, 2.75) is 18.9 Å². The minimum absolute atomic E-state index is 0.0249. The fourth-order valence-electron chi connectivity index (χ4n) is 2.48. The Hall–Kier alpha value is -3.46. The van der Waals surface area contributed by atoms with Gasteiger partial charge in [-0.1, -0.05) is 30.3 Å². The van der Waals surface area contributed by atoms with Crippen LogP contribution >= 0.6 is 0 Å². The number of aromatic hydroxyl groups is 1. The zero-order chi connectivity index (χ0) is 20.5. The Morgan fingerprint density at radius 2 is 1.75 bits per heavy atom. The van der Waals surface area contributed by atoms with Crippen LogP contribution in [0.25, 0.3) is 0 Å². The lowest BCUT2D eigenvalue weighted by molar-refractivity contribution is -0.481. The molecule has 0 unspecified atom stereocenters. The Bertz CT molecular complexity index is 809. The molecule has 0 aliphatic heterocycles. The molecule has 2 aromatic carbocycles. The van der Waals surface area contributed by atoms with Crippen molar-refractivity contribution in [3.8, 4) is 5.75 Å². The molecule has 1 amide bonds. The summed E-state index contributed by atoms with van der Waals surface area (Å²) in [6.45, 7) is -0.540. The molecule has 2 rings (SSSR count). The zero-order valence-corrected chi connectivity index (χ0v) is 14.9. The Morgan fingerprint density at radius 1 is 1.11 bits per heavy atom. The summed E-state index contributed by atoms with van der Waals surface area (Å²) in [5, 5.41) is 30.3. The Balaban J connectivity index is 2.24. The van der Waals surface area contributed by atoms with E-state index in [9.17, 15) is 29.9 Å². The Labute approximate surface area is 160 Å². The van der Waals surface area contributed by atoms with Gasteiger partial charge in [0.05, 0.1) is 6.61 Å². The summed E-state index contributed by atoms with van der Waals surface area (Å²) >= 11 is 0. The number of nitro groups is 1. The van der Waals surface area contributed by atoms with Crippen LogP contribution in [-0.2, 0) is 16.1 Å². The number of benzene rings is 2. The van der Waals surface area contributed by atoms with Crippen LogP contribution < -0.4 is 0 Å². The number of carboxylic acids is 1. The molecule has 0 aliphatic rings. The van der Waals surface area contributed by atoms with Crippen LogP contribution in [0.5, 0.6) is 5.75 Å². The molecular weight excluding hydrogens is 368 g/mol. The van der Waals surface area contributed by atoms with Crippen LogP contribution in [0.3, 0.4) is 0 Å². The third-order valence-corrected chi connectivity index (χ3v) is 3.87. The van der Waals surface area contributed by atoms with Gasteiger partial charge in [-0.05, 0) is 29.8 Å². The molecule has 0 fully saturated rings. The highest BCUT2D eigenvalue weighted by molar-refractivity contribution is 5.95. The number of hydrogen-bond donors (Lipinski definition) is 2. The normalized spacial score (nSPS) is 11.6. The molecule has 9 heteroatoms. The summed E-state index contributed by atoms with van der Waals surface area (Å²) in [6, 6.07) is 12.6. The van der Waals surface area contributed by atoms with Crippen molar-refractivity contribution in [3.63, 3.8) is 0 Å². The third-order valence-electron chi connectivity index (χ3n) is 3.87. The van der Waals surface area contributed by atoms with Gasteiger partial charge in [0, 0.05) is 23.3 Å². The van der Waals surface area contributed by atoms with Gasteiger partial charge in [-0.25, -0.2) is 9.86 Å². The van der Waals surface area contributed by atoms with E-state index in [-0.39, 0.29) is 37.3 Å². The van der Waals surface area contributed by atoms with E-state index < -0.39 is 22.8 Å². The number of rotatable bonds is 10. The van der Waals surface area contributed by atoms with Crippen molar-refractivity contribution in [2.75, 3.05) is 13.2 Å².